The summed E-state index contributed by atoms with van der Waals surface area (Å²) < 4.78 is 19.1. The third-order valence-electron chi connectivity index (χ3n) is 2.14. The van der Waals surface area contributed by atoms with Crippen molar-refractivity contribution in [2.75, 3.05) is 6.61 Å². The van der Waals surface area contributed by atoms with E-state index >= 15 is 0 Å². The molecule has 1 saturated heterocycles. The van der Waals surface area contributed by atoms with Crippen LogP contribution in [0, 0.1) is 5.82 Å². The van der Waals surface area contributed by atoms with Crippen LogP contribution in [0.2, 0.25) is 0 Å². The molecule has 1 aromatic rings. The summed E-state index contributed by atoms with van der Waals surface area (Å²) in [6.07, 6.45) is 1.93. The molecule has 2 heterocycles. The molecule has 0 radical (unpaired) electrons. The quantitative estimate of drug-likeness (QED) is 0.644. The molecule has 1 N–H and O–H groups in total. The van der Waals surface area contributed by atoms with Crippen molar-refractivity contribution in [3.63, 3.8) is 0 Å². The first-order valence-corrected chi connectivity index (χ1v) is 4.31. The van der Waals surface area contributed by atoms with Crippen molar-refractivity contribution < 1.29 is 9.13 Å². The van der Waals surface area contributed by atoms with E-state index in [1.807, 2.05) is 4.98 Å². The van der Waals surface area contributed by atoms with Gasteiger partial charge in [-0.05, 0) is 12.8 Å². The number of hydrogen-bond acceptors (Lipinski definition) is 3. The number of halogens is 1. The number of hydrogen-bond donors (Lipinski definition) is 1. The Bertz CT molecular complexity index is 450. The topological polar surface area (TPSA) is 64.1 Å². The van der Waals surface area contributed by atoms with E-state index in [2.05, 4.69) is 0 Å². The molecule has 2 rings (SSSR count). The van der Waals surface area contributed by atoms with Crippen LogP contribution in [0.15, 0.2) is 15.8 Å². The Morgan fingerprint density at radius 2 is 2.27 bits per heavy atom. The second-order valence-electron chi connectivity index (χ2n) is 3.11. The van der Waals surface area contributed by atoms with Gasteiger partial charge in [-0.3, -0.25) is 14.3 Å². The summed E-state index contributed by atoms with van der Waals surface area (Å²) in [5.41, 5.74) is -1.63. The van der Waals surface area contributed by atoms with Crippen molar-refractivity contribution in [2.24, 2.45) is 0 Å². The second-order valence-corrected chi connectivity index (χ2v) is 3.11. The Hall–Kier alpha value is -0.430. The van der Waals surface area contributed by atoms with Gasteiger partial charge in [0.1, 0.15) is 6.23 Å². The third-order valence-corrected chi connectivity index (χ3v) is 2.14. The summed E-state index contributed by atoms with van der Waals surface area (Å²) in [7, 11) is 0. The predicted octanol–water partition coefficient (Wildman–Crippen LogP) is -0.664. The third kappa shape index (κ3) is 2.57. The van der Waals surface area contributed by atoms with E-state index in [4.69, 9.17) is 4.74 Å². The first kappa shape index (κ1) is 12.6. The van der Waals surface area contributed by atoms with Crippen LogP contribution in [0.5, 0.6) is 0 Å². The zero-order valence-electron chi connectivity index (χ0n) is 7.33. The second kappa shape index (κ2) is 5.07. The molecule has 0 bridgehead atoms. The average molecular weight is 224 g/mol. The van der Waals surface area contributed by atoms with Gasteiger partial charge in [0.2, 0.25) is 5.82 Å². The number of nitrogens with one attached hydrogen (secondary N) is 1. The fourth-order valence-electron chi connectivity index (χ4n) is 1.45. The van der Waals surface area contributed by atoms with Crippen molar-refractivity contribution in [3.05, 3.63) is 32.9 Å². The Balaban J connectivity index is 0.00000112. The number of ether oxygens (including phenoxy) is 1. The van der Waals surface area contributed by atoms with Gasteiger partial charge in [0.05, 0.1) is 6.20 Å². The fraction of sp³-hybridized carbons (Fsp3) is 0.500. The molecule has 1 unspecified atom stereocenters. The number of nitrogens with zero attached hydrogens (tertiary/aromatic N) is 1. The number of aromatic nitrogens is 2. The zero-order valence-corrected chi connectivity index (χ0v) is 7.33. The molecule has 78 valence electrons. The van der Waals surface area contributed by atoms with Gasteiger partial charge >= 0.3 is 35.2 Å². The maximum absolute atomic E-state index is 12.9. The van der Waals surface area contributed by atoms with Crippen molar-refractivity contribution in [1.29, 1.82) is 0 Å². The van der Waals surface area contributed by atoms with Gasteiger partial charge in [0, 0.05) is 6.61 Å². The summed E-state index contributed by atoms with van der Waals surface area (Å²) >= 11 is 0. The van der Waals surface area contributed by atoms with E-state index in [0.29, 0.717) is 13.0 Å². The molecule has 1 aliphatic rings. The van der Waals surface area contributed by atoms with E-state index in [-0.39, 0.29) is 29.6 Å². The molecule has 1 aromatic heterocycles. The maximum atomic E-state index is 12.9. The standard InChI is InChI=1S/C8H9FN2O3.Na.H/c9-5-4-11(6-2-1-3-14-6)8(13)10-7(5)12;;/h4,6H,1-3H2,(H,10,12,13);;. The van der Waals surface area contributed by atoms with Crippen molar-refractivity contribution in [2.45, 2.75) is 19.1 Å². The molecule has 0 aromatic carbocycles. The van der Waals surface area contributed by atoms with Crippen LogP contribution in [0.25, 0.3) is 0 Å². The summed E-state index contributed by atoms with van der Waals surface area (Å²) in [4.78, 5) is 23.8. The molecule has 0 aliphatic carbocycles. The van der Waals surface area contributed by atoms with Gasteiger partial charge in [-0.25, -0.2) is 4.79 Å². The van der Waals surface area contributed by atoms with Crippen LogP contribution in [0.3, 0.4) is 0 Å². The van der Waals surface area contributed by atoms with E-state index in [0.717, 1.165) is 17.2 Å². The Morgan fingerprint density at radius 1 is 1.53 bits per heavy atom. The average Bonchev–Trinajstić information content (AvgIpc) is 2.64. The summed E-state index contributed by atoms with van der Waals surface area (Å²) in [6, 6.07) is 0. The molecular formula is C8H10FN2NaO3. The van der Waals surface area contributed by atoms with Crippen LogP contribution in [-0.2, 0) is 4.74 Å². The molecule has 1 atom stereocenters. The molecule has 15 heavy (non-hydrogen) atoms. The normalized spacial score (nSPS) is 19.9. The van der Waals surface area contributed by atoms with Gasteiger partial charge in [-0.15, -0.1) is 0 Å². The molecule has 7 heteroatoms. The Labute approximate surface area is 107 Å². The van der Waals surface area contributed by atoms with E-state index < -0.39 is 23.3 Å². The number of aromatic amines is 1. The summed E-state index contributed by atoms with van der Waals surface area (Å²) in [6.45, 7) is 0.553. The predicted molar refractivity (Wildman–Crippen MR) is 52.7 cm³/mol. The molecule has 1 aliphatic heterocycles. The number of rotatable bonds is 1. The first-order valence-electron chi connectivity index (χ1n) is 4.31. The summed E-state index contributed by atoms with van der Waals surface area (Å²) in [5, 5.41) is 0. The van der Waals surface area contributed by atoms with Crippen LogP contribution in [0.1, 0.15) is 19.1 Å². The Kier molecular flexibility index (Phi) is 4.27. The Morgan fingerprint density at radius 3 is 2.87 bits per heavy atom. The fourth-order valence-corrected chi connectivity index (χ4v) is 1.45. The minimum absolute atomic E-state index is 0. The monoisotopic (exact) mass is 224 g/mol. The molecule has 0 amide bonds. The van der Waals surface area contributed by atoms with Crippen molar-refractivity contribution in [3.8, 4) is 0 Å². The van der Waals surface area contributed by atoms with E-state index in [1.165, 1.54) is 0 Å². The van der Waals surface area contributed by atoms with Crippen LogP contribution < -0.4 is 11.2 Å². The SMILES string of the molecule is O=c1[nH]c(=O)n(C2CCCO2)cc1F.[NaH]. The van der Waals surface area contributed by atoms with Crippen LogP contribution in [-0.4, -0.2) is 45.7 Å². The van der Waals surface area contributed by atoms with Gasteiger partial charge in [-0.2, -0.15) is 4.39 Å². The van der Waals surface area contributed by atoms with Gasteiger partial charge < -0.3 is 4.74 Å². The van der Waals surface area contributed by atoms with Crippen LogP contribution >= 0.6 is 0 Å². The van der Waals surface area contributed by atoms with Gasteiger partial charge in [0.25, 0.3) is 5.56 Å². The van der Waals surface area contributed by atoms with Gasteiger partial charge in [-0.1, -0.05) is 0 Å². The summed E-state index contributed by atoms with van der Waals surface area (Å²) in [5.74, 6) is -0.972. The van der Waals surface area contributed by atoms with Gasteiger partial charge in [0.15, 0.2) is 0 Å². The molecule has 5 nitrogen and oxygen atoms in total. The minimum atomic E-state index is -0.996. The zero-order chi connectivity index (χ0) is 10.1. The van der Waals surface area contributed by atoms with E-state index in [9.17, 15) is 14.0 Å². The number of H-pyrrole nitrogens is 1. The molecule has 1 fully saturated rings. The molecule has 0 spiro atoms. The first-order chi connectivity index (χ1) is 6.68. The molecular weight excluding hydrogens is 214 g/mol. The van der Waals surface area contributed by atoms with E-state index in [1.54, 1.807) is 0 Å². The van der Waals surface area contributed by atoms with Crippen molar-refractivity contribution >= 4 is 29.6 Å². The van der Waals surface area contributed by atoms with Crippen LogP contribution in [0.4, 0.5) is 4.39 Å². The molecule has 0 saturated carbocycles. The van der Waals surface area contributed by atoms with Crippen molar-refractivity contribution in [1.82, 2.24) is 9.55 Å².